The fraction of sp³-hybridized carbons (Fsp3) is 0.391. The molecule has 32 heavy (non-hydrogen) atoms. The molecule has 0 aliphatic carbocycles. The van der Waals surface area contributed by atoms with Crippen LogP contribution in [0.2, 0.25) is 0 Å². The average Bonchev–Trinajstić information content (AvgIpc) is 2.73. The molecule has 1 aromatic heterocycles. The van der Waals surface area contributed by atoms with Crippen LogP contribution in [0.3, 0.4) is 0 Å². The fourth-order valence-electron chi connectivity index (χ4n) is 3.17. The van der Waals surface area contributed by atoms with Gasteiger partial charge in [0.15, 0.2) is 0 Å². The van der Waals surface area contributed by atoms with E-state index in [0.29, 0.717) is 23.2 Å². The van der Waals surface area contributed by atoms with Gasteiger partial charge in [0.05, 0.1) is 17.6 Å². The van der Waals surface area contributed by atoms with Gasteiger partial charge in [-0.2, -0.15) is 0 Å². The number of sulfonamides is 1. The molecule has 174 valence electrons. The van der Waals surface area contributed by atoms with Crippen LogP contribution in [0.1, 0.15) is 54.3 Å². The van der Waals surface area contributed by atoms with E-state index < -0.39 is 22.5 Å². The molecule has 9 heteroatoms. The van der Waals surface area contributed by atoms with Gasteiger partial charge >= 0.3 is 0 Å². The van der Waals surface area contributed by atoms with Crippen molar-refractivity contribution in [2.24, 2.45) is 0 Å². The summed E-state index contributed by atoms with van der Waals surface area (Å²) >= 11 is 0. The lowest BCUT2D eigenvalue weighted by atomic mass is 10.1. The first kappa shape index (κ1) is 25.5. The van der Waals surface area contributed by atoms with Crippen molar-refractivity contribution >= 4 is 27.7 Å². The minimum atomic E-state index is -3.60. The van der Waals surface area contributed by atoms with Gasteiger partial charge in [-0.15, -0.1) is 0 Å². The van der Waals surface area contributed by atoms with Gasteiger partial charge in [0.2, 0.25) is 15.9 Å². The zero-order chi connectivity index (χ0) is 23.7. The maximum absolute atomic E-state index is 14.3. The number of unbranched alkanes of at least 4 members (excludes halogenated alkanes) is 2. The van der Waals surface area contributed by atoms with Crippen molar-refractivity contribution < 1.29 is 22.0 Å². The van der Waals surface area contributed by atoms with Gasteiger partial charge in [-0.1, -0.05) is 31.9 Å². The number of benzene rings is 1. The van der Waals surface area contributed by atoms with Crippen LogP contribution in [0, 0.1) is 12.7 Å². The molecule has 0 unspecified atom stereocenters. The Balaban J connectivity index is 2.05. The summed E-state index contributed by atoms with van der Waals surface area (Å²) in [5.74, 6) is -1.10. The number of alkyl halides is 1. The fourth-order valence-corrected chi connectivity index (χ4v) is 3.80. The Morgan fingerprint density at radius 2 is 1.97 bits per heavy atom. The number of anilines is 1. The number of pyridine rings is 1. The van der Waals surface area contributed by atoms with E-state index in [4.69, 9.17) is 0 Å². The van der Waals surface area contributed by atoms with Gasteiger partial charge in [-0.05, 0) is 54.7 Å². The predicted octanol–water partition coefficient (Wildman–Crippen LogP) is 4.43. The van der Waals surface area contributed by atoms with Gasteiger partial charge in [-0.3, -0.25) is 14.5 Å². The molecular formula is C23H29F2N3O3S. The van der Waals surface area contributed by atoms with E-state index in [-0.39, 0.29) is 18.1 Å². The molecule has 0 saturated carbocycles. The number of aryl methyl sites for hydroxylation is 2. The minimum Gasteiger partial charge on any atom is -0.348 e. The molecule has 2 aromatic rings. The Bertz CT molecular complexity index is 1060. The average molecular weight is 466 g/mol. The molecular weight excluding hydrogens is 436 g/mol. The van der Waals surface area contributed by atoms with E-state index in [1.165, 1.54) is 12.1 Å². The Hall–Kier alpha value is -2.81. The molecule has 2 N–H and O–H groups in total. The number of carbonyl (C=O) groups excluding carboxylic acids is 1. The zero-order valence-corrected chi connectivity index (χ0v) is 19.4. The van der Waals surface area contributed by atoms with Crippen LogP contribution in [0.15, 0.2) is 30.3 Å². The largest absolute Gasteiger partial charge is 0.348 e. The lowest BCUT2D eigenvalue weighted by Gasteiger charge is -2.11. The predicted molar refractivity (Wildman–Crippen MR) is 123 cm³/mol. The minimum absolute atomic E-state index is 0.0719. The molecule has 0 atom stereocenters. The highest BCUT2D eigenvalue weighted by Gasteiger charge is 2.12. The quantitative estimate of drug-likeness (QED) is 0.380. The van der Waals surface area contributed by atoms with Crippen LogP contribution in [0.25, 0.3) is 6.08 Å². The Morgan fingerprint density at radius 3 is 2.59 bits per heavy atom. The number of hydrogen-bond donors (Lipinski definition) is 2. The molecule has 1 amide bonds. The standard InChI is InChI=1S/C23H29F2N3O3S/c1-4-5-6-7-21-18(8-10-19(14-24)27-21)9-11-22(29)26-15-17-12-16(2)23(20(25)13-17)28-32(3,30)31/h8-13,28H,4-7,14-15H2,1-3H3,(H,26,29)/b11-9+. The van der Waals surface area contributed by atoms with E-state index in [0.717, 1.165) is 36.8 Å². The first-order valence-corrected chi connectivity index (χ1v) is 12.3. The number of aromatic nitrogens is 1. The molecule has 0 radical (unpaired) electrons. The van der Waals surface area contributed by atoms with E-state index in [1.54, 1.807) is 31.2 Å². The van der Waals surface area contributed by atoms with Crippen molar-refractivity contribution in [3.8, 4) is 0 Å². The van der Waals surface area contributed by atoms with Crippen LogP contribution >= 0.6 is 0 Å². The van der Waals surface area contributed by atoms with Crippen molar-refractivity contribution in [1.29, 1.82) is 0 Å². The molecule has 0 saturated heterocycles. The molecule has 0 aliphatic heterocycles. The summed E-state index contributed by atoms with van der Waals surface area (Å²) in [5.41, 5.74) is 2.67. The van der Waals surface area contributed by atoms with Crippen molar-refractivity contribution in [1.82, 2.24) is 10.3 Å². The maximum atomic E-state index is 14.3. The molecule has 2 rings (SSSR count). The third kappa shape index (κ3) is 8.03. The molecule has 1 aromatic carbocycles. The van der Waals surface area contributed by atoms with Crippen molar-refractivity contribution in [3.63, 3.8) is 0 Å². The van der Waals surface area contributed by atoms with Crippen LogP contribution in [-0.4, -0.2) is 25.6 Å². The number of carbonyl (C=O) groups is 1. The lowest BCUT2D eigenvalue weighted by Crippen LogP contribution is -2.20. The highest BCUT2D eigenvalue weighted by atomic mass is 32.2. The lowest BCUT2D eigenvalue weighted by molar-refractivity contribution is -0.116. The number of hydrogen-bond acceptors (Lipinski definition) is 4. The van der Waals surface area contributed by atoms with E-state index in [9.17, 15) is 22.0 Å². The number of rotatable bonds is 11. The molecule has 0 bridgehead atoms. The monoisotopic (exact) mass is 465 g/mol. The molecule has 0 aliphatic rings. The highest BCUT2D eigenvalue weighted by molar-refractivity contribution is 7.92. The topological polar surface area (TPSA) is 88.2 Å². The number of nitrogens with zero attached hydrogens (tertiary/aromatic N) is 1. The van der Waals surface area contributed by atoms with Gasteiger partial charge in [-0.25, -0.2) is 17.2 Å². The Morgan fingerprint density at radius 1 is 1.22 bits per heavy atom. The van der Waals surface area contributed by atoms with Gasteiger partial charge in [0, 0.05) is 18.3 Å². The van der Waals surface area contributed by atoms with Crippen LogP contribution in [0.4, 0.5) is 14.5 Å². The normalized spacial score (nSPS) is 11.7. The first-order valence-electron chi connectivity index (χ1n) is 10.4. The third-order valence-electron chi connectivity index (χ3n) is 4.74. The van der Waals surface area contributed by atoms with E-state index >= 15 is 0 Å². The molecule has 0 spiro atoms. The Kier molecular flexibility index (Phi) is 9.31. The molecule has 6 nitrogen and oxygen atoms in total. The summed E-state index contributed by atoms with van der Waals surface area (Å²) in [4.78, 5) is 16.6. The summed E-state index contributed by atoms with van der Waals surface area (Å²) in [6.07, 6.45) is 7.68. The van der Waals surface area contributed by atoms with E-state index in [1.807, 2.05) is 0 Å². The molecule has 1 heterocycles. The van der Waals surface area contributed by atoms with Crippen LogP contribution < -0.4 is 10.0 Å². The van der Waals surface area contributed by atoms with Crippen molar-refractivity contribution in [2.45, 2.75) is 52.8 Å². The smallest absolute Gasteiger partial charge is 0.244 e. The first-order chi connectivity index (χ1) is 15.1. The maximum Gasteiger partial charge on any atom is 0.244 e. The summed E-state index contributed by atoms with van der Waals surface area (Å²) in [5, 5.41) is 2.67. The van der Waals surface area contributed by atoms with Crippen LogP contribution in [0.5, 0.6) is 0 Å². The number of halogens is 2. The summed E-state index contributed by atoms with van der Waals surface area (Å²) in [7, 11) is -3.60. The second-order valence-corrected chi connectivity index (χ2v) is 9.37. The third-order valence-corrected chi connectivity index (χ3v) is 5.31. The highest BCUT2D eigenvalue weighted by Crippen LogP contribution is 2.22. The molecule has 0 fully saturated rings. The SMILES string of the molecule is CCCCCc1nc(CF)ccc1/C=C/C(=O)NCc1cc(C)c(NS(C)(=O)=O)c(F)c1. The zero-order valence-electron chi connectivity index (χ0n) is 18.5. The van der Waals surface area contributed by atoms with Crippen molar-refractivity contribution in [3.05, 3.63) is 64.2 Å². The van der Waals surface area contributed by atoms with Gasteiger partial charge in [0.1, 0.15) is 12.5 Å². The second-order valence-electron chi connectivity index (χ2n) is 7.62. The van der Waals surface area contributed by atoms with Gasteiger partial charge < -0.3 is 5.32 Å². The summed E-state index contributed by atoms with van der Waals surface area (Å²) < 4.78 is 52.1. The summed E-state index contributed by atoms with van der Waals surface area (Å²) in [6, 6.07) is 6.12. The number of nitrogens with one attached hydrogen (secondary N) is 2. The second kappa shape index (κ2) is 11.7. The van der Waals surface area contributed by atoms with Crippen molar-refractivity contribution in [2.75, 3.05) is 11.0 Å². The Labute approximate surface area is 188 Å². The van der Waals surface area contributed by atoms with Crippen LogP contribution in [-0.2, 0) is 34.5 Å². The van der Waals surface area contributed by atoms with E-state index in [2.05, 4.69) is 21.9 Å². The number of amides is 1. The van der Waals surface area contributed by atoms with Gasteiger partial charge in [0.25, 0.3) is 0 Å². The summed E-state index contributed by atoms with van der Waals surface area (Å²) in [6.45, 7) is 3.11.